The number of esters is 1. The highest BCUT2D eigenvalue weighted by molar-refractivity contribution is 5.86. The first-order valence-electron chi connectivity index (χ1n) is 5.43. The molecule has 0 radical (unpaired) electrons. The molecule has 1 rings (SSSR count). The van der Waals surface area contributed by atoms with E-state index in [-0.39, 0.29) is 13.2 Å². The van der Waals surface area contributed by atoms with Crippen LogP contribution in [0, 0.1) is 0 Å². The van der Waals surface area contributed by atoms with Crippen molar-refractivity contribution in [2.45, 2.75) is 13.3 Å². The second kappa shape index (κ2) is 10.2. The fraction of sp³-hybridized carbons (Fsp3) is 0.308. The van der Waals surface area contributed by atoms with Gasteiger partial charge in [-0.25, -0.2) is 4.79 Å². The largest absolute Gasteiger partial charge is 0.462 e. The van der Waals surface area contributed by atoms with E-state index in [1.165, 1.54) is 0 Å². The van der Waals surface area contributed by atoms with Gasteiger partial charge < -0.3 is 9.84 Å². The van der Waals surface area contributed by atoms with Crippen molar-refractivity contribution in [2.24, 2.45) is 0 Å². The zero-order valence-electron chi connectivity index (χ0n) is 10.5. The summed E-state index contributed by atoms with van der Waals surface area (Å²) in [5.41, 5.74) is 1.20. The van der Waals surface area contributed by atoms with Crippen molar-refractivity contribution in [1.82, 2.24) is 9.97 Å². The third-order valence-corrected chi connectivity index (χ3v) is 1.68. The Balaban J connectivity index is 0.000000327. The van der Waals surface area contributed by atoms with Gasteiger partial charge in [0.2, 0.25) is 0 Å². The van der Waals surface area contributed by atoms with Crippen molar-refractivity contribution in [3.8, 4) is 0 Å². The van der Waals surface area contributed by atoms with E-state index in [4.69, 9.17) is 5.11 Å². The van der Waals surface area contributed by atoms with Gasteiger partial charge in [0.25, 0.3) is 0 Å². The molecule has 0 spiro atoms. The Morgan fingerprint density at radius 1 is 1.56 bits per heavy atom. The summed E-state index contributed by atoms with van der Waals surface area (Å²) in [5.74, 6) is -0.395. The lowest BCUT2D eigenvalue weighted by Gasteiger charge is -2.00. The maximum Gasteiger partial charge on any atom is 0.333 e. The molecule has 5 nitrogen and oxygen atoms in total. The van der Waals surface area contributed by atoms with E-state index in [1.807, 2.05) is 0 Å². The first-order valence-corrected chi connectivity index (χ1v) is 5.43. The molecular weight excluding hydrogens is 232 g/mol. The summed E-state index contributed by atoms with van der Waals surface area (Å²) in [6.07, 6.45) is 7.07. The lowest BCUT2D eigenvalue weighted by molar-refractivity contribution is -0.139. The molecule has 1 heterocycles. The minimum Gasteiger partial charge on any atom is -0.462 e. The molecule has 0 amide bonds. The van der Waals surface area contributed by atoms with Crippen molar-refractivity contribution < 1.29 is 14.6 Å². The summed E-state index contributed by atoms with van der Waals surface area (Å²) in [7, 11) is 0. The summed E-state index contributed by atoms with van der Waals surface area (Å²) in [6.45, 7) is 8.82. The van der Waals surface area contributed by atoms with E-state index in [1.54, 1.807) is 31.6 Å². The molecule has 0 aliphatic carbocycles. The van der Waals surface area contributed by atoms with Crippen LogP contribution in [-0.2, 0) is 9.53 Å². The first-order chi connectivity index (χ1) is 8.61. The highest BCUT2D eigenvalue weighted by Gasteiger charge is 2.00. The maximum absolute atomic E-state index is 10.6. The summed E-state index contributed by atoms with van der Waals surface area (Å²) in [5, 5.41) is 8.30. The van der Waals surface area contributed by atoms with E-state index in [9.17, 15) is 4.79 Å². The molecule has 0 atom stereocenters. The molecule has 18 heavy (non-hydrogen) atoms. The Morgan fingerprint density at radius 2 is 2.28 bits per heavy atom. The van der Waals surface area contributed by atoms with Crippen molar-refractivity contribution in [2.75, 3.05) is 13.2 Å². The summed E-state index contributed by atoms with van der Waals surface area (Å²) >= 11 is 0. The lowest BCUT2D eigenvalue weighted by Crippen LogP contribution is -2.06. The van der Waals surface area contributed by atoms with Crippen LogP contribution < -0.4 is 0 Å². The molecular formula is C13H18N2O3. The van der Waals surface area contributed by atoms with Crippen LogP contribution in [0.1, 0.15) is 19.0 Å². The number of hydrogen-bond acceptors (Lipinski definition) is 5. The van der Waals surface area contributed by atoms with Crippen LogP contribution in [0.3, 0.4) is 0 Å². The van der Waals surface area contributed by atoms with Crippen molar-refractivity contribution in [1.29, 1.82) is 0 Å². The third kappa shape index (κ3) is 8.18. The van der Waals surface area contributed by atoms with Crippen LogP contribution in [0.2, 0.25) is 0 Å². The zero-order chi connectivity index (χ0) is 13.8. The Hall–Kier alpha value is -2.01. The molecule has 1 N–H and O–H groups in total. The number of rotatable bonds is 5. The Kier molecular flexibility index (Phi) is 9.03. The monoisotopic (exact) mass is 250 g/mol. The van der Waals surface area contributed by atoms with E-state index >= 15 is 0 Å². The predicted octanol–water partition coefficient (Wildman–Crippen LogP) is 1.61. The maximum atomic E-state index is 10.6. The molecule has 0 aromatic carbocycles. The average molecular weight is 250 g/mol. The van der Waals surface area contributed by atoms with E-state index in [2.05, 4.69) is 27.9 Å². The van der Waals surface area contributed by atoms with E-state index in [0.29, 0.717) is 12.0 Å². The molecule has 0 bridgehead atoms. The van der Waals surface area contributed by atoms with Gasteiger partial charge in [0.1, 0.15) is 0 Å². The quantitative estimate of drug-likeness (QED) is 0.488. The van der Waals surface area contributed by atoms with Crippen LogP contribution in [0.4, 0.5) is 0 Å². The number of hydrogen-bond donors (Lipinski definition) is 1. The number of aliphatic hydroxyl groups is 1. The second-order valence-electron chi connectivity index (χ2n) is 3.33. The van der Waals surface area contributed by atoms with Crippen LogP contribution in [0.25, 0.3) is 6.08 Å². The van der Waals surface area contributed by atoms with Crippen molar-refractivity contribution >= 4 is 12.0 Å². The van der Waals surface area contributed by atoms with Gasteiger partial charge in [-0.15, -0.1) is 0 Å². The van der Waals surface area contributed by atoms with Crippen molar-refractivity contribution in [3.63, 3.8) is 0 Å². The topological polar surface area (TPSA) is 72.3 Å². The number of nitrogens with zero attached hydrogens (tertiary/aromatic N) is 2. The predicted molar refractivity (Wildman–Crippen MR) is 69.6 cm³/mol. The molecule has 0 fully saturated rings. The highest BCUT2D eigenvalue weighted by Crippen LogP contribution is 1.92. The SMILES string of the molecule is C=C(C)C(=O)OCCCO.C=Cc1cnccn1. The smallest absolute Gasteiger partial charge is 0.333 e. The van der Waals surface area contributed by atoms with Crippen LogP contribution >= 0.6 is 0 Å². The minimum absolute atomic E-state index is 0.0451. The molecule has 0 aliphatic heterocycles. The first kappa shape index (κ1) is 16.0. The van der Waals surface area contributed by atoms with Gasteiger partial charge in [0.15, 0.2) is 0 Å². The third-order valence-electron chi connectivity index (χ3n) is 1.68. The van der Waals surface area contributed by atoms with Crippen molar-refractivity contribution in [3.05, 3.63) is 43.0 Å². The van der Waals surface area contributed by atoms with E-state index in [0.717, 1.165) is 5.69 Å². The molecule has 98 valence electrons. The number of aromatic nitrogens is 2. The molecule has 0 saturated carbocycles. The highest BCUT2D eigenvalue weighted by atomic mass is 16.5. The number of carbonyl (C=O) groups excluding carboxylic acids is 1. The molecule has 1 aromatic heterocycles. The summed E-state index contributed by atoms with van der Waals surface area (Å²) in [4.78, 5) is 18.4. The number of ether oxygens (including phenoxy) is 1. The van der Waals surface area contributed by atoms with Gasteiger partial charge in [-0.2, -0.15) is 0 Å². The second-order valence-corrected chi connectivity index (χ2v) is 3.33. The molecule has 0 unspecified atom stereocenters. The normalized spacial score (nSPS) is 8.78. The van der Waals surface area contributed by atoms with Crippen LogP contribution in [-0.4, -0.2) is 34.3 Å². The Labute approximate surface area is 107 Å². The fourth-order valence-corrected chi connectivity index (χ4v) is 0.769. The van der Waals surface area contributed by atoms with Gasteiger partial charge in [-0.05, 0) is 13.0 Å². The standard InChI is InChI=1S/C7H12O3.C6H6N2/c1-6(2)7(9)10-5-3-4-8;1-2-6-5-7-3-4-8-6/h8H,1,3-5H2,2H3;2-5H,1H2. The van der Waals surface area contributed by atoms with Gasteiger partial charge >= 0.3 is 5.97 Å². The zero-order valence-corrected chi connectivity index (χ0v) is 10.5. The van der Waals surface area contributed by atoms with Crippen LogP contribution in [0.5, 0.6) is 0 Å². The molecule has 1 aromatic rings. The van der Waals surface area contributed by atoms with Crippen LogP contribution in [0.15, 0.2) is 37.3 Å². The summed E-state index contributed by atoms with van der Waals surface area (Å²) in [6, 6.07) is 0. The molecule has 0 saturated heterocycles. The fourth-order valence-electron chi connectivity index (χ4n) is 0.769. The van der Waals surface area contributed by atoms with Gasteiger partial charge in [0.05, 0.1) is 18.5 Å². The number of aliphatic hydroxyl groups excluding tert-OH is 1. The average Bonchev–Trinajstić information content (AvgIpc) is 2.40. The Morgan fingerprint density at radius 3 is 2.67 bits per heavy atom. The van der Waals surface area contributed by atoms with Gasteiger partial charge in [-0.3, -0.25) is 9.97 Å². The van der Waals surface area contributed by atoms with Gasteiger partial charge in [0, 0.05) is 31.0 Å². The summed E-state index contributed by atoms with van der Waals surface area (Å²) < 4.78 is 4.65. The lowest BCUT2D eigenvalue weighted by atomic mass is 10.4. The minimum atomic E-state index is -0.395. The Bertz CT molecular complexity index is 377. The number of carbonyl (C=O) groups is 1. The molecule has 0 aliphatic rings. The van der Waals surface area contributed by atoms with Gasteiger partial charge in [-0.1, -0.05) is 13.2 Å². The molecule has 5 heteroatoms. The van der Waals surface area contributed by atoms with E-state index < -0.39 is 5.97 Å².